The molecule has 1 rings (SSSR count). The largest absolute Gasteiger partial charge is 0.234 e. The van der Waals surface area contributed by atoms with Gasteiger partial charge in [-0.15, -0.1) is 0 Å². The molecule has 0 aromatic heterocycles. The molecule has 1 aromatic rings. The van der Waals surface area contributed by atoms with Crippen LogP contribution in [-0.2, 0) is 22.4 Å². The number of isocyanates is 2. The highest BCUT2D eigenvalue weighted by atomic mass is 16.1. The minimum absolute atomic E-state index is 0.643. The lowest BCUT2D eigenvalue weighted by atomic mass is 10.00. The fourth-order valence-corrected chi connectivity index (χ4v) is 4.19. The van der Waals surface area contributed by atoms with Crippen molar-refractivity contribution in [3.8, 4) is 0 Å². The summed E-state index contributed by atoms with van der Waals surface area (Å²) in [6, 6.07) is 9.22. The Kier molecular flexibility index (Phi) is 19.4. The van der Waals surface area contributed by atoms with Crippen LogP contribution in [0.1, 0.15) is 114 Å². The van der Waals surface area contributed by atoms with Crippen molar-refractivity contribution in [1.82, 2.24) is 0 Å². The van der Waals surface area contributed by atoms with Crippen LogP contribution in [0.2, 0.25) is 0 Å². The van der Waals surface area contributed by atoms with Gasteiger partial charge in [0.25, 0.3) is 0 Å². The van der Waals surface area contributed by atoms with E-state index in [0.29, 0.717) is 13.1 Å². The van der Waals surface area contributed by atoms with Gasteiger partial charge in [-0.3, -0.25) is 0 Å². The summed E-state index contributed by atoms with van der Waals surface area (Å²) in [5.74, 6) is 0. The molecule has 0 fully saturated rings. The molecule has 4 heteroatoms. The average Bonchev–Trinajstić information content (AvgIpc) is 2.81. The van der Waals surface area contributed by atoms with E-state index < -0.39 is 0 Å². The van der Waals surface area contributed by atoms with Crippen molar-refractivity contribution in [2.24, 2.45) is 9.98 Å². The van der Waals surface area contributed by atoms with Crippen LogP contribution < -0.4 is 0 Å². The van der Waals surface area contributed by atoms with Crippen LogP contribution >= 0.6 is 0 Å². The smallest absolute Gasteiger partial charge is 0.211 e. The molecule has 0 saturated carbocycles. The summed E-state index contributed by atoms with van der Waals surface area (Å²) >= 11 is 0. The maximum Gasteiger partial charge on any atom is 0.234 e. The Morgan fingerprint density at radius 1 is 0.500 bits per heavy atom. The van der Waals surface area contributed by atoms with Crippen LogP contribution in [0.5, 0.6) is 0 Å². The highest BCUT2D eigenvalue weighted by Crippen LogP contribution is 2.15. The van der Waals surface area contributed by atoms with E-state index in [9.17, 15) is 9.59 Å². The summed E-state index contributed by atoms with van der Waals surface area (Å²) in [4.78, 5) is 27.2. The quantitative estimate of drug-likeness (QED) is 0.105. The van der Waals surface area contributed by atoms with Gasteiger partial charge >= 0.3 is 0 Å². The van der Waals surface area contributed by atoms with Crippen molar-refractivity contribution in [1.29, 1.82) is 0 Å². The fraction of sp³-hybridized carbons (Fsp3) is 0.714. The van der Waals surface area contributed by atoms with Gasteiger partial charge in [-0.2, -0.15) is 0 Å². The van der Waals surface area contributed by atoms with Gasteiger partial charge in [0.2, 0.25) is 12.2 Å². The van der Waals surface area contributed by atoms with Gasteiger partial charge in [0.1, 0.15) is 0 Å². The summed E-state index contributed by atoms with van der Waals surface area (Å²) in [7, 11) is 0. The van der Waals surface area contributed by atoms with Crippen LogP contribution in [0.4, 0.5) is 0 Å². The molecule has 0 aliphatic heterocycles. The molecule has 0 amide bonds. The van der Waals surface area contributed by atoms with E-state index in [2.05, 4.69) is 34.3 Å². The summed E-state index contributed by atoms with van der Waals surface area (Å²) < 4.78 is 0. The molecule has 32 heavy (non-hydrogen) atoms. The standard InChI is InChI=1S/C28H44N2O2/c31-25-29-22-15-11-7-3-1-5-9-13-18-27-20-17-21-28(24-27)19-14-10-6-2-4-8-12-16-23-30-26-32/h17,20-21,24H,1-16,18-19,22-23H2. The van der Waals surface area contributed by atoms with E-state index >= 15 is 0 Å². The maximum absolute atomic E-state index is 9.99. The van der Waals surface area contributed by atoms with E-state index in [-0.39, 0.29) is 0 Å². The van der Waals surface area contributed by atoms with Crippen LogP contribution in [0.3, 0.4) is 0 Å². The van der Waals surface area contributed by atoms with E-state index in [0.717, 1.165) is 12.8 Å². The first-order chi connectivity index (χ1) is 15.9. The van der Waals surface area contributed by atoms with Crippen molar-refractivity contribution < 1.29 is 9.59 Å². The second-order valence-corrected chi connectivity index (χ2v) is 8.92. The van der Waals surface area contributed by atoms with Gasteiger partial charge in [-0.1, -0.05) is 101 Å². The lowest BCUT2D eigenvalue weighted by Gasteiger charge is -2.06. The van der Waals surface area contributed by atoms with E-state index in [1.165, 1.54) is 114 Å². The summed E-state index contributed by atoms with van der Waals surface area (Å²) in [6.07, 6.45) is 25.7. The third-order valence-electron chi connectivity index (χ3n) is 6.09. The molecule has 178 valence electrons. The molecule has 0 bridgehead atoms. The van der Waals surface area contributed by atoms with Gasteiger partial charge in [-0.25, -0.2) is 19.6 Å². The van der Waals surface area contributed by atoms with Gasteiger partial charge in [0.15, 0.2) is 0 Å². The lowest BCUT2D eigenvalue weighted by molar-refractivity contribution is 0.556. The third kappa shape index (κ3) is 17.6. The van der Waals surface area contributed by atoms with Crippen LogP contribution in [0, 0.1) is 0 Å². The zero-order chi connectivity index (χ0) is 23.0. The molecule has 0 aliphatic carbocycles. The SMILES string of the molecule is O=C=NCCCCCCCCCCc1cccc(CCCCCCCCCCN=C=O)c1. The van der Waals surface area contributed by atoms with Gasteiger partial charge in [0, 0.05) is 0 Å². The molecular weight excluding hydrogens is 396 g/mol. The molecule has 4 nitrogen and oxygen atoms in total. The first-order valence-electron chi connectivity index (χ1n) is 13.0. The number of hydrogen-bond acceptors (Lipinski definition) is 4. The van der Waals surface area contributed by atoms with Gasteiger partial charge in [-0.05, 0) is 49.7 Å². The molecule has 0 N–H and O–H groups in total. The monoisotopic (exact) mass is 440 g/mol. The van der Waals surface area contributed by atoms with Crippen molar-refractivity contribution >= 4 is 12.2 Å². The second-order valence-electron chi connectivity index (χ2n) is 8.92. The van der Waals surface area contributed by atoms with E-state index in [4.69, 9.17) is 0 Å². The number of rotatable bonds is 22. The number of aryl methyl sites for hydroxylation is 2. The predicted molar refractivity (Wildman–Crippen MR) is 134 cm³/mol. The Bertz CT molecular complexity index is 608. The number of benzene rings is 1. The normalized spacial score (nSPS) is 10.5. The van der Waals surface area contributed by atoms with Crippen LogP contribution in [0.25, 0.3) is 0 Å². The molecule has 1 aromatic carbocycles. The van der Waals surface area contributed by atoms with Crippen molar-refractivity contribution in [2.45, 2.75) is 116 Å². The van der Waals surface area contributed by atoms with E-state index in [1.54, 1.807) is 12.2 Å². The summed E-state index contributed by atoms with van der Waals surface area (Å²) in [5, 5.41) is 0. The van der Waals surface area contributed by atoms with Crippen molar-refractivity contribution in [3.63, 3.8) is 0 Å². The number of aliphatic imine (C=N–C) groups is 2. The van der Waals surface area contributed by atoms with Crippen LogP contribution in [-0.4, -0.2) is 25.2 Å². The second kappa shape index (κ2) is 22.2. The average molecular weight is 441 g/mol. The fourth-order valence-electron chi connectivity index (χ4n) is 4.19. The summed E-state index contributed by atoms with van der Waals surface area (Å²) in [5.41, 5.74) is 2.99. The first-order valence-corrected chi connectivity index (χ1v) is 13.0. The first kappa shape index (κ1) is 28.0. The Morgan fingerprint density at radius 2 is 0.844 bits per heavy atom. The third-order valence-corrected chi connectivity index (χ3v) is 6.09. The van der Waals surface area contributed by atoms with Gasteiger partial charge in [0.05, 0.1) is 13.1 Å². The molecule has 0 spiro atoms. The lowest BCUT2D eigenvalue weighted by Crippen LogP contribution is -1.91. The molecule has 0 radical (unpaired) electrons. The highest BCUT2D eigenvalue weighted by molar-refractivity contribution is 5.32. The number of hydrogen-bond donors (Lipinski definition) is 0. The number of carbonyl (C=O) groups excluding carboxylic acids is 2. The van der Waals surface area contributed by atoms with Crippen molar-refractivity contribution in [2.75, 3.05) is 13.1 Å². The predicted octanol–water partition coefficient (Wildman–Crippen LogP) is 7.68. The number of unbranched alkanes of at least 4 members (excludes halogenated alkanes) is 14. The molecule has 0 unspecified atom stereocenters. The Morgan fingerprint density at radius 3 is 1.22 bits per heavy atom. The summed E-state index contributed by atoms with van der Waals surface area (Å²) in [6.45, 7) is 1.29. The minimum atomic E-state index is 0.643. The minimum Gasteiger partial charge on any atom is -0.211 e. The Hall–Kier alpha value is -2.02. The molecule has 0 aliphatic rings. The molecular formula is C28H44N2O2. The topological polar surface area (TPSA) is 58.9 Å². The number of nitrogens with zero attached hydrogens (tertiary/aromatic N) is 2. The van der Waals surface area contributed by atoms with Crippen LogP contribution in [0.15, 0.2) is 34.3 Å². The van der Waals surface area contributed by atoms with Crippen molar-refractivity contribution in [3.05, 3.63) is 35.4 Å². The zero-order valence-corrected chi connectivity index (χ0v) is 20.2. The maximum atomic E-state index is 9.99. The Balaban J connectivity index is 1.97. The van der Waals surface area contributed by atoms with Gasteiger partial charge < -0.3 is 0 Å². The zero-order valence-electron chi connectivity index (χ0n) is 20.2. The molecule has 0 heterocycles. The molecule has 0 saturated heterocycles. The molecule has 0 atom stereocenters. The Labute approximate surface area is 196 Å². The van der Waals surface area contributed by atoms with E-state index in [1.807, 2.05) is 0 Å². The highest BCUT2D eigenvalue weighted by Gasteiger charge is 1.99.